The number of nitrogens with one attached hydrogen (secondary N) is 2. The normalized spacial score (nSPS) is 21.0. The lowest BCUT2D eigenvalue weighted by Gasteiger charge is -2.18. The van der Waals surface area contributed by atoms with Crippen molar-refractivity contribution < 1.29 is 14.4 Å². The fourth-order valence-corrected chi connectivity index (χ4v) is 3.11. The van der Waals surface area contributed by atoms with Gasteiger partial charge in [0.25, 0.3) is 5.24 Å². The third kappa shape index (κ3) is 4.39. The molecule has 2 N–H and O–H groups in total. The second-order valence-electron chi connectivity index (χ2n) is 5.38. The fraction of sp³-hybridized carbons (Fsp3) is 0.294. The maximum atomic E-state index is 11.8. The summed E-state index contributed by atoms with van der Waals surface area (Å²) in [6.45, 7) is 7.44. The molecule has 0 aliphatic carbocycles. The predicted molar refractivity (Wildman–Crippen MR) is 92.0 cm³/mol. The maximum Gasteiger partial charge on any atom is 0.286 e. The molecule has 122 valence electrons. The van der Waals surface area contributed by atoms with Crippen molar-refractivity contribution in [3.63, 3.8) is 0 Å². The molecule has 0 spiro atoms. The SMILES string of the molecule is C=C/C=C(/CC)NOc1ccc(CC2(C)SC(=O)NC2=O)cc1. The Kier molecular flexibility index (Phi) is 5.50. The molecule has 1 heterocycles. The molecule has 1 aliphatic rings. The van der Waals surface area contributed by atoms with E-state index in [1.807, 2.05) is 37.3 Å². The predicted octanol–water partition coefficient (Wildman–Crippen LogP) is 3.33. The van der Waals surface area contributed by atoms with E-state index >= 15 is 0 Å². The molecule has 1 saturated heterocycles. The average molecular weight is 332 g/mol. The Bertz CT molecular complexity index is 640. The summed E-state index contributed by atoms with van der Waals surface area (Å²) in [4.78, 5) is 28.7. The van der Waals surface area contributed by atoms with Crippen LogP contribution in [0.25, 0.3) is 0 Å². The number of allylic oxidation sites excluding steroid dienone is 3. The van der Waals surface area contributed by atoms with Gasteiger partial charge in [0.1, 0.15) is 4.75 Å². The number of thioether (sulfide) groups is 1. The summed E-state index contributed by atoms with van der Waals surface area (Å²) in [6.07, 6.45) is 4.84. The van der Waals surface area contributed by atoms with Gasteiger partial charge >= 0.3 is 0 Å². The highest BCUT2D eigenvalue weighted by Gasteiger charge is 2.43. The molecule has 0 bridgehead atoms. The second kappa shape index (κ2) is 7.37. The number of carbonyl (C=O) groups excluding carboxylic acids is 2. The second-order valence-corrected chi connectivity index (χ2v) is 6.86. The quantitative estimate of drug-likeness (QED) is 0.592. The molecule has 1 atom stereocenters. The van der Waals surface area contributed by atoms with Gasteiger partial charge in [0.2, 0.25) is 5.91 Å². The van der Waals surface area contributed by atoms with Gasteiger partial charge in [0, 0.05) is 5.70 Å². The maximum absolute atomic E-state index is 11.8. The number of benzene rings is 1. The van der Waals surface area contributed by atoms with Gasteiger partial charge in [-0.2, -0.15) is 0 Å². The highest BCUT2D eigenvalue weighted by atomic mass is 32.2. The summed E-state index contributed by atoms with van der Waals surface area (Å²) in [5.74, 6) is 0.429. The Morgan fingerprint density at radius 1 is 1.39 bits per heavy atom. The molecular weight excluding hydrogens is 312 g/mol. The van der Waals surface area contributed by atoms with E-state index in [9.17, 15) is 9.59 Å². The van der Waals surface area contributed by atoms with E-state index in [1.165, 1.54) is 0 Å². The number of amides is 2. The Labute approximate surface area is 140 Å². The van der Waals surface area contributed by atoms with Gasteiger partial charge in [0.15, 0.2) is 5.75 Å². The van der Waals surface area contributed by atoms with Gasteiger partial charge in [-0.25, -0.2) is 5.48 Å². The van der Waals surface area contributed by atoms with Gasteiger partial charge in [-0.05, 0) is 55.3 Å². The first-order valence-electron chi connectivity index (χ1n) is 7.34. The number of rotatable bonds is 7. The van der Waals surface area contributed by atoms with Crippen LogP contribution >= 0.6 is 11.8 Å². The van der Waals surface area contributed by atoms with E-state index in [1.54, 1.807) is 13.0 Å². The van der Waals surface area contributed by atoms with Gasteiger partial charge < -0.3 is 4.84 Å². The van der Waals surface area contributed by atoms with E-state index in [0.29, 0.717) is 12.2 Å². The molecule has 1 aromatic rings. The van der Waals surface area contributed by atoms with E-state index < -0.39 is 4.75 Å². The Hall–Kier alpha value is -2.21. The molecule has 0 saturated carbocycles. The molecule has 2 amide bonds. The van der Waals surface area contributed by atoms with Gasteiger partial charge in [0.05, 0.1) is 0 Å². The van der Waals surface area contributed by atoms with Crippen LogP contribution in [-0.2, 0) is 11.2 Å². The van der Waals surface area contributed by atoms with Crippen LogP contribution in [0.2, 0.25) is 0 Å². The lowest BCUT2D eigenvalue weighted by molar-refractivity contribution is -0.121. The Balaban J connectivity index is 1.97. The minimum absolute atomic E-state index is 0.239. The van der Waals surface area contributed by atoms with Crippen molar-refractivity contribution in [1.82, 2.24) is 10.8 Å². The largest absolute Gasteiger partial charge is 0.382 e. The first-order chi connectivity index (χ1) is 11.0. The molecule has 1 fully saturated rings. The number of hydrogen-bond acceptors (Lipinski definition) is 5. The zero-order valence-corrected chi connectivity index (χ0v) is 14.0. The van der Waals surface area contributed by atoms with Gasteiger partial charge in [-0.15, -0.1) is 0 Å². The lowest BCUT2D eigenvalue weighted by atomic mass is 9.99. The summed E-state index contributed by atoms with van der Waals surface area (Å²) in [7, 11) is 0. The number of imide groups is 1. The molecule has 1 unspecified atom stereocenters. The smallest absolute Gasteiger partial charge is 0.286 e. The number of carbonyl (C=O) groups is 2. The highest BCUT2D eigenvalue weighted by molar-refractivity contribution is 8.16. The topological polar surface area (TPSA) is 67.4 Å². The summed E-state index contributed by atoms with van der Waals surface area (Å²) >= 11 is 1.04. The molecule has 0 aromatic heterocycles. The molecule has 23 heavy (non-hydrogen) atoms. The van der Waals surface area contributed by atoms with E-state index in [-0.39, 0.29) is 11.1 Å². The zero-order chi connectivity index (χ0) is 16.9. The van der Waals surface area contributed by atoms with Crippen molar-refractivity contribution in [2.24, 2.45) is 0 Å². The molecule has 0 radical (unpaired) electrons. The van der Waals surface area contributed by atoms with Crippen LogP contribution in [0.5, 0.6) is 5.75 Å². The molecule has 1 aliphatic heterocycles. The van der Waals surface area contributed by atoms with Crippen LogP contribution in [0.4, 0.5) is 4.79 Å². The van der Waals surface area contributed by atoms with Crippen molar-refractivity contribution >= 4 is 22.9 Å². The van der Waals surface area contributed by atoms with Crippen molar-refractivity contribution in [2.45, 2.75) is 31.4 Å². The van der Waals surface area contributed by atoms with Crippen LogP contribution in [0.1, 0.15) is 25.8 Å². The minimum atomic E-state index is -0.750. The molecule has 5 nitrogen and oxygen atoms in total. The van der Waals surface area contributed by atoms with Crippen molar-refractivity contribution in [2.75, 3.05) is 0 Å². The van der Waals surface area contributed by atoms with E-state index in [0.717, 1.165) is 29.4 Å². The minimum Gasteiger partial charge on any atom is -0.382 e. The molecular formula is C17H20N2O3S. The summed E-state index contributed by atoms with van der Waals surface area (Å²) < 4.78 is -0.750. The standard InChI is InChI=1S/C17H20N2O3S/c1-4-6-13(5-2)19-22-14-9-7-12(8-10-14)11-17(3)15(20)18-16(21)23-17/h4,6-10,19H,1,5,11H2,2-3H3,(H,18,20,21)/b13-6-. The molecule has 1 aromatic carbocycles. The first kappa shape index (κ1) is 17.1. The van der Waals surface area contributed by atoms with Crippen LogP contribution in [-0.4, -0.2) is 15.9 Å². The van der Waals surface area contributed by atoms with E-state index in [2.05, 4.69) is 17.4 Å². The van der Waals surface area contributed by atoms with E-state index in [4.69, 9.17) is 4.84 Å². The first-order valence-corrected chi connectivity index (χ1v) is 8.16. The van der Waals surface area contributed by atoms with Crippen LogP contribution in [0, 0.1) is 0 Å². The van der Waals surface area contributed by atoms with Gasteiger partial charge in [-0.3, -0.25) is 14.9 Å². The molecule has 6 heteroatoms. The summed E-state index contributed by atoms with van der Waals surface area (Å²) in [5, 5.41) is 2.04. The Morgan fingerprint density at radius 3 is 2.61 bits per heavy atom. The number of hydroxylamine groups is 1. The Morgan fingerprint density at radius 2 is 2.09 bits per heavy atom. The zero-order valence-electron chi connectivity index (χ0n) is 13.2. The summed E-state index contributed by atoms with van der Waals surface area (Å²) in [5.41, 5.74) is 4.77. The third-order valence-corrected chi connectivity index (χ3v) is 4.55. The van der Waals surface area contributed by atoms with Crippen LogP contribution in [0.3, 0.4) is 0 Å². The summed E-state index contributed by atoms with van der Waals surface area (Å²) in [6, 6.07) is 7.43. The van der Waals surface area contributed by atoms with Crippen molar-refractivity contribution in [3.05, 3.63) is 54.3 Å². The average Bonchev–Trinajstić information content (AvgIpc) is 2.77. The highest BCUT2D eigenvalue weighted by Crippen LogP contribution is 2.34. The molecule has 2 rings (SSSR count). The van der Waals surface area contributed by atoms with Crippen LogP contribution in [0.15, 0.2) is 48.7 Å². The van der Waals surface area contributed by atoms with Crippen molar-refractivity contribution in [1.29, 1.82) is 0 Å². The number of hydrogen-bond donors (Lipinski definition) is 2. The third-order valence-electron chi connectivity index (χ3n) is 3.48. The monoisotopic (exact) mass is 332 g/mol. The van der Waals surface area contributed by atoms with Crippen molar-refractivity contribution in [3.8, 4) is 5.75 Å². The lowest BCUT2D eigenvalue weighted by Crippen LogP contribution is -2.35. The fourth-order valence-electron chi connectivity index (χ4n) is 2.17. The van der Waals surface area contributed by atoms with Gasteiger partial charge in [-0.1, -0.05) is 31.7 Å². The van der Waals surface area contributed by atoms with Crippen LogP contribution < -0.4 is 15.6 Å².